The average molecular weight is 543 g/mol. The molecule has 0 radical (unpaired) electrons. The van der Waals surface area contributed by atoms with Crippen LogP contribution in [-0.4, -0.2) is 9.55 Å². The van der Waals surface area contributed by atoms with Crippen LogP contribution >= 0.6 is 11.3 Å². The maximum Gasteiger partial charge on any atom is 0.109 e. The van der Waals surface area contributed by atoms with Crippen LogP contribution in [0.25, 0.3) is 37.2 Å². The van der Waals surface area contributed by atoms with Crippen LogP contribution < -0.4 is 0 Å². The molecule has 1 aliphatic rings. The van der Waals surface area contributed by atoms with Gasteiger partial charge in [-0.05, 0) is 54.4 Å². The predicted molar refractivity (Wildman–Crippen MR) is 165 cm³/mol. The van der Waals surface area contributed by atoms with Gasteiger partial charge >= 0.3 is 0 Å². The zero-order valence-corrected chi connectivity index (χ0v) is 25.3. The highest BCUT2D eigenvalue weighted by atomic mass is 32.1. The Labute approximate surface area is 240 Å². The van der Waals surface area contributed by atoms with Gasteiger partial charge in [-0.15, -0.1) is 11.3 Å². The van der Waals surface area contributed by atoms with E-state index >= 15 is 0 Å². The van der Waals surface area contributed by atoms with Gasteiger partial charge in [-0.25, -0.2) is 0 Å². The fourth-order valence-electron chi connectivity index (χ4n) is 7.15. The zero-order valence-electron chi connectivity index (χ0n) is 24.5. The van der Waals surface area contributed by atoms with Gasteiger partial charge in [0.25, 0.3) is 0 Å². The highest BCUT2D eigenvalue weighted by molar-refractivity contribution is 7.22. The van der Waals surface area contributed by atoms with Gasteiger partial charge in [0.2, 0.25) is 0 Å². The molecule has 1 unspecified atom stereocenters. The summed E-state index contributed by atoms with van der Waals surface area (Å²) in [7, 11) is 0. The Bertz CT molecular complexity index is 1900. The van der Waals surface area contributed by atoms with E-state index < -0.39 is 0 Å². The standard InChI is InChI=1S/C35H34N4S/c1-20-24(17-36)30(25(18-37)21(2)38-20)29-16-23-22-12-11-14-27-31(22)39(32(23)40-29)28-15-10-9-13-26(28)35(27,34(6,7)8)19-33(3,4)5/h9-16H,19H2,1-8H3. The van der Waals surface area contributed by atoms with E-state index in [1.54, 1.807) is 11.3 Å². The normalized spacial score (nSPS) is 16.6. The molecule has 0 N–H and O–H groups in total. The summed E-state index contributed by atoms with van der Waals surface area (Å²) in [6.07, 6.45) is 1.02. The monoisotopic (exact) mass is 542 g/mol. The van der Waals surface area contributed by atoms with Crippen molar-refractivity contribution < 1.29 is 0 Å². The number of benzene rings is 2. The molecule has 0 amide bonds. The lowest BCUT2D eigenvalue weighted by molar-refractivity contribution is 0.154. The van der Waals surface area contributed by atoms with Crippen LogP contribution in [0.2, 0.25) is 0 Å². The third kappa shape index (κ3) is 3.44. The van der Waals surface area contributed by atoms with Crippen LogP contribution in [0.5, 0.6) is 0 Å². The lowest BCUT2D eigenvalue weighted by atomic mass is 9.53. The molecule has 5 aromatic rings. The maximum absolute atomic E-state index is 10.1. The summed E-state index contributed by atoms with van der Waals surface area (Å²) < 4.78 is 2.44. The maximum atomic E-state index is 10.1. The van der Waals surface area contributed by atoms with Gasteiger partial charge in [0.05, 0.1) is 33.7 Å². The second-order valence-corrected chi connectivity index (χ2v) is 14.4. The van der Waals surface area contributed by atoms with E-state index in [4.69, 9.17) is 0 Å². The first kappa shape index (κ1) is 26.3. The number of hydrogen-bond acceptors (Lipinski definition) is 4. The van der Waals surface area contributed by atoms with Crippen LogP contribution in [0.3, 0.4) is 0 Å². The minimum absolute atomic E-state index is 0.0335. The van der Waals surface area contributed by atoms with E-state index in [-0.39, 0.29) is 16.2 Å². The number of aromatic nitrogens is 2. The SMILES string of the molecule is Cc1nc(C)c(C#N)c(-c2cc3c4cccc5c4n(c3s2)-c2ccccc2C5(CC(C)(C)C)C(C)(C)C)c1C#N. The molecule has 1 atom stereocenters. The molecule has 4 heterocycles. The minimum atomic E-state index is -0.179. The van der Waals surface area contributed by atoms with Crippen molar-refractivity contribution in [1.29, 1.82) is 10.5 Å². The van der Waals surface area contributed by atoms with Crippen molar-refractivity contribution in [3.63, 3.8) is 0 Å². The second kappa shape index (κ2) is 8.53. The first-order valence-electron chi connectivity index (χ1n) is 13.8. The Morgan fingerprint density at radius 3 is 2.08 bits per heavy atom. The molecule has 5 heteroatoms. The number of nitriles is 2. The molecule has 0 aliphatic carbocycles. The summed E-state index contributed by atoms with van der Waals surface area (Å²) in [6.45, 7) is 17.9. The van der Waals surface area contributed by atoms with Gasteiger partial charge in [-0.2, -0.15) is 10.5 Å². The number of hydrogen-bond donors (Lipinski definition) is 0. The topological polar surface area (TPSA) is 65.4 Å². The summed E-state index contributed by atoms with van der Waals surface area (Å²) in [5, 5.41) is 22.5. The van der Waals surface area contributed by atoms with E-state index in [0.717, 1.165) is 21.5 Å². The van der Waals surface area contributed by atoms with E-state index in [1.165, 1.54) is 27.7 Å². The predicted octanol–water partition coefficient (Wildman–Crippen LogP) is 9.35. The molecule has 200 valence electrons. The summed E-state index contributed by atoms with van der Waals surface area (Å²) in [4.78, 5) is 6.57. The molecule has 2 aromatic carbocycles. The van der Waals surface area contributed by atoms with Crippen LogP contribution in [0.4, 0.5) is 0 Å². The first-order valence-corrected chi connectivity index (χ1v) is 14.6. The first-order chi connectivity index (χ1) is 18.8. The Hall–Kier alpha value is -3.93. The highest BCUT2D eigenvalue weighted by Gasteiger charge is 2.51. The number of pyridine rings is 1. The van der Waals surface area contributed by atoms with Crippen LogP contribution in [-0.2, 0) is 5.41 Å². The summed E-state index contributed by atoms with van der Waals surface area (Å²) in [5.74, 6) is 0. The van der Waals surface area contributed by atoms with E-state index in [1.807, 2.05) is 13.8 Å². The Morgan fingerprint density at radius 2 is 1.48 bits per heavy atom. The molecular formula is C35H34N4S. The number of thiophene rings is 1. The average Bonchev–Trinajstić information content (AvgIpc) is 3.43. The number of para-hydroxylation sites is 2. The van der Waals surface area contributed by atoms with Crippen LogP contribution in [0.15, 0.2) is 48.5 Å². The minimum Gasteiger partial charge on any atom is -0.300 e. The van der Waals surface area contributed by atoms with Crippen LogP contribution in [0, 0.1) is 47.3 Å². The molecule has 4 nitrogen and oxygen atoms in total. The third-order valence-corrected chi connectivity index (χ3v) is 9.77. The summed E-state index contributed by atoms with van der Waals surface area (Å²) >= 11 is 1.66. The molecule has 6 rings (SSSR count). The largest absolute Gasteiger partial charge is 0.300 e. The van der Waals surface area contributed by atoms with Crippen molar-refractivity contribution in [3.8, 4) is 28.3 Å². The number of nitrogens with zero attached hydrogens (tertiary/aromatic N) is 4. The smallest absolute Gasteiger partial charge is 0.109 e. The Kier molecular flexibility index (Phi) is 5.61. The van der Waals surface area contributed by atoms with Crippen molar-refractivity contribution in [3.05, 3.63) is 82.2 Å². The number of fused-ring (bicyclic) bond motifs is 5. The van der Waals surface area contributed by atoms with Crippen LogP contribution in [0.1, 0.15) is 81.6 Å². The quantitative estimate of drug-likeness (QED) is 0.223. The van der Waals surface area contributed by atoms with Gasteiger partial charge in [0.1, 0.15) is 17.0 Å². The molecule has 1 aliphatic heterocycles. The van der Waals surface area contributed by atoms with E-state index in [2.05, 4.69) is 112 Å². The second-order valence-electron chi connectivity index (χ2n) is 13.4. The van der Waals surface area contributed by atoms with Gasteiger partial charge in [-0.1, -0.05) is 77.9 Å². The van der Waals surface area contributed by atoms with E-state index in [0.29, 0.717) is 28.1 Å². The Morgan fingerprint density at radius 1 is 0.850 bits per heavy atom. The van der Waals surface area contributed by atoms with Gasteiger partial charge in [0.15, 0.2) is 0 Å². The Balaban J connectivity index is 1.78. The summed E-state index contributed by atoms with van der Waals surface area (Å²) in [6, 6.07) is 22.5. The molecule has 3 aromatic heterocycles. The molecule has 0 spiro atoms. The third-order valence-electron chi connectivity index (χ3n) is 8.63. The number of rotatable bonds is 2. The van der Waals surface area contributed by atoms with E-state index in [9.17, 15) is 10.5 Å². The van der Waals surface area contributed by atoms with Gasteiger partial charge < -0.3 is 4.57 Å². The lowest BCUT2D eigenvalue weighted by Crippen LogP contribution is -2.46. The fraction of sp³-hybridized carbons (Fsp3) is 0.343. The molecule has 0 saturated carbocycles. The van der Waals surface area contributed by atoms with Crippen molar-refractivity contribution in [1.82, 2.24) is 9.55 Å². The van der Waals surface area contributed by atoms with Crippen molar-refractivity contribution >= 4 is 32.5 Å². The number of aryl methyl sites for hydroxylation is 2. The highest BCUT2D eigenvalue weighted by Crippen LogP contribution is 2.60. The summed E-state index contributed by atoms with van der Waals surface area (Å²) in [5.41, 5.74) is 8.10. The van der Waals surface area contributed by atoms with Gasteiger partial charge in [-0.3, -0.25) is 4.98 Å². The van der Waals surface area contributed by atoms with Crippen molar-refractivity contribution in [2.75, 3.05) is 0 Å². The molecule has 0 saturated heterocycles. The zero-order chi connectivity index (χ0) is 28.8. The fourth-order valence-corrected chi connectivity index (χ4v) is 8.40. The van der Waals surface area contributed by atoms with Crippen molar-refractivity contribution in [2.45, 2.75) is 67.2 Å². The molecular weight excluding hydrogens is 508 g/mol. The van der Waals surface area contributed by atoms with Gasteiger partial charge in [0, 0.05) is 26.6 Å². The molecule has 0 fully saturated rings. The van der Waals surface area contributed by atoms with Crippen molar-refractivity contribution in [2.24, 2.45) is 10.8 Å². The lowest BCUT2D eigenvalue weighted by Gasteiger charge is -2.52. The molecule has 0 bridgehead atoms. The molecule has 40 heavy (non-hydrogen) atoms.